The SMILES string of the molecule is CCCCCCCCCCCCCCOC(=O)NC. The van der Waals surface area contributed by atoms with Gasteiger partial charge >= 0.3 is 6.09 Å². The van der Waals surface area contributed by atoms with Crippen LogP contribution in [0.1, 0.15) is 84.0 Å². The molecule has 19 heavy (non-hydrogen) atoms. The number of ether oxygens (including phenoxy) is 1. The second kappa shape index (κ2) is 15.3. The van der Waals surface area contributed by atoms with E-state index >= 15 is 0 Å². The van der Waals surface area contributed by atoms with Crippen LogP contribution < -0.4 is 5.32 Å². The lowest BCUT2D eigenvalue weighted by Crippen LogP contribution is -2.19. The van der Waals surface area contributed by atoms with E-state index in [0.717, 1.165) is 6.42 Å². The van der Waals surface area contributed by atoms with Gasteiger partial charge in [-0.25, -0.2) is 4.79 Å². The fourth-order valence-corrected chi connectivity index (χ4v) is 2.18. The molecular weight excluding hydrogens is 238 g/mol. The molecule has 0 aromatic rings. The number of hydrogen-bond donors (Lipinski definition) is 1. The molecule has 0 unspecified atom stereocenters. The lowest BCUT2D eigenvalue weighted by atomic mass is 10.1. The molecule has 0 heterocycles. The molecule has 0 rings (SSSR count). The van der Waals surface area contributed by atoms with Crippen molar-refractivity contribution in [1.82, 2.24) is 5.32 Å². The van der Waals surface area contributed by atoms with Crippen molar-refractivity contribution in [3.63, 3.8) is 0 Å². The summed E-state index contributed by atoms with van der Waals surface area (Å²) < 4.78 is 4.93. The predicted octanol–water partition coefficient (Wildman–Crippen LogP) is 5.04. The minimum atomic E-state index is -0.317. The third-order valence-electron chi connectivity index (χ3n) is 3.44. The van der Waals surface area contributed by atoms with Crippen LogP contribution in [0.15, 0.2) is 0 Å². The molecule has 0 bridgehead atoms. The van der Waals surface area contributed by atoms with E-state index in [-0.39, 0.29) is 6.09 Å². The van der Waals surface area contributed by atoms with E-state index in [1.54, 1.807) is 7.05 Å². The van der Waals surface area contributed by atoms with Crippen LogP contribution >= 0.6 is 0 Å². The molecular formula is C16H33NO2. The molecule has 0 spiro atoms. The molecule has 114 valence electrons. The maximum absolute atomic E-state index is 10.8. The highest BCUT2D eigenvalue weighted by atomic mass is 16.5. The molecule has 3 heteroatoms. The van der Waals surface area contributed by atoms with Gasteiger partial charge < -0.3 is 10.1 Å². The fourth-order valence-electron chi connectivity index (χ4n) is 2.18. The molecule has 0 saturated carbocycles. The highest BCUT2D eigenvalue weighted by Crippen LogP contribution is 2.11. The highest BCUT2D eigenvalue weighted by molar-refractivity contribution is 5.66. The van der Waals surface area contributed by atoms with Gasteiger partial charge in [0, 0.05) is 7.05 Å². The van der Waals surface area contributed by atoms with Crippen molar-refractivity contribution in [3.05, 3.63) is 0 Å². The van der Waals surface area contributed by atoms with Gasteiger partial charge in [0.05, 0.1) is 6.61 Å². The summed E-state index contributed by atoms with van der Waals surface area (Å²) in [5.41, 5.74) is 0. The smallest absolute Gasteiger partial charge is 0.406 e. The summed E-state index contributed by atoms with van der Waals surface area (Å²) >= 11 is 0. The Balaban J connectivity index is 2.97. The average molecular weight is 271 g/mol. The van der Waals surface area contributed by atoms with Crippen molar-refractivity contribution in [3.8, 4) is 0 Å². The van der Waals surface area contributed by atoms with Crippen LogP contribution in [0.5, 0.6) is 0 Å². The van der Waals surface area contributed by atoms with Gasteiger partial charge in [-0.1, -0.05) is 77.6 Å². The molecule has 1 amide bonds. The summed E-state index contributed by atoms with van der Waals surface area (Å²) in [6, 6.07) is 0. The Morgan fingerprint density at radius 3 is 1.63 bits per heavy atom. The molecule has 0 aromatic carbocycles. The molecule has 0 aliphatic heterocycles. The number of rotatable bonds is 13. The summed E-state index contributed by atoms with van der Waals surface area (Å²) in [6.45, 7) is 2.82. The van der Waals surface area contributed by atoms with Crippen LogP contribution in [-0.2, 0) is 4.74 Å². The van der Waals surface area contributed by atoms with Gasteiger partial charge in [-0.15, -0.1) is 0 Å². The molecule has 0 radical (unpaired) electrons. The van der Waals surface area contributed by atoms with Crippen molar-refractivity contribution in [2.24, 2.45) is 0 Å². The lowest BCUT2D eigenvalue weighted by Gasteiger charge is -2.04. The standard InChI is InChI=1S/C16H33NO2/c1-3-4-5-6-7-8-9-10-11-12-13-14-15-19-16(18)17-2/h3-15H2,1-2H3,(H,17,18). The maximum Gasteiger partial charge on any atom is 0.406 e. The molecule has 3 nitrogen and oxygen atoms in total. The highest BCUT2D eigenvalue weighted by Gasteiger charge is 1.97. The van der Waals surface area contributed by atoms with Crippen molar-refractivity contribution >= 4 is 6.09 Å². The van der Waals surface area contributed by atoms with Crippen LogP contribution in [0.2, 0.25) is 0 Å². The summed E-state index contributed by atoms with van der Waals surface area (Å²) in [5.74, 6) is 0. The van der Waals surface area contributed by atoms with E-state index in [1.165, 1.54) is 70.6 Å². The Bertz CT molecular complexity index is 195. The Morgan fingerprint density at radius 2 is 1.21 bits per heavy atom. The largest absolute Gasteiger partial charge is 0.450 e. The topological polar surface area (TPSA) is 38.3 Å². The van der Waals surface area contributed by atoms with Crippen molar-refractivity contribution in [1.29, 1.82) is 0 Å². The number of alkyl carbamates (subject to hydrolysis) is 1. The second-order valence-electron chi connectivity index (χ2n) is 5.28. The van der Waals surface area contributed by atoms with Gasteiger partial charge in [-0.2, -0.15) is 0 Å². The Hall–Kier alpha value is -0.730. The van der Waals surface area contributed by atoms with Crippen molar-refractivity contribution < 1.29 is 9.53 Å². The van der Waals surface area contributed by atoms with E-state index in [0.29, 0.717) is 6.61 Å². The zero-order chi connectivity index (χ0) is 14.2. The van der Waals surface area contributed by atoms with Crippen LogP contribution in [0.3, 0.4) is 0 Å². The third-order valence-corrected chi connectivity index (χ3v) is 3.44. The van der Waals surface area contributed by atoms with E-state index in [1.807, 2.05) is 0 Å². The first-order valence-corrected chi connectivity index (χ1v) is 8.15. The van der Waals surface area contributed by atoms with Crippen LogP contribution in [-0.4, -0.2) is 19.7 Å². The van der Waals surface area contributed by atoms with Gasteiger partial charge in [0.15, 0.2) is 0 Å². The molecule has 0 fully saturated rings. The van der Waals surface area contributed by atoms with E-state index in [2.05, 4.69) is 12.2 Å². The molecule has 0 aliphatic rings. The van der Waals surface area contributed by atoms with E-state index in [4.69, 9.17) is 4.74 Å². The van der Waals surface area contributed by atoms with Gasteiger partial charge in [0.2, 0.25) is 0 Å². The maximum atomic E-state index is 10.8. The van der Waals surface area contributed by atoms with Crippen molar-refractivity contribution in [2.75, 3.05) is 13.7 Å². The summed E-state index contributed by atoms with van der Waals surface area (Å²) in [5, 5.41) is 2.45. The Morgan fingerprint density at radius 1 is 0.789 bits per heavy atom. The molecule has 0 atom stereocenters. The average Bonchev–Trinajstić information content (AvgIpc) is 2.43. The number of carbonyl (C=O) groups excluding carboxylic acids is 1. The Labute approximate surface area is 119 Å². The van der Waals surface area contributed by atoms with Crippen LogP contribution in [0.25, 0.3) is 0 Å². The summed E-state index contributed by atoms with van der Waals surface area (Å²) in [6.07, 6.45) is 15.6. The van der Waals surface area contributed by atoms with Gasteiger partial charge in [-0.3, -0.25) is 0 Å². The third kappa shape index (κ3) is 15.2. The number of hydrogen-bond acceptors (Lipinski definition) is 2. The summed E-state index contributed by atoms with van der Waals surface area (Å²) in [4.78, 5) is 10.8. The zero-order valence-corrected chi connectivity index (χ0v) is 13.0. The monoisotopic (exact) mass is 271 g/mol. The van der Waals surface area contributed by atoms with Crippen LogP contribution in [0, 0.1) is 0 Å². The first kappa shape index (κ1) is 18.3. The van der Waals surface area contributed by atoms with E-state index < -0.39 is 0 Å². The first-order chi connectivity index (χ1) is 9.31. The number of amides is 1. The number of nitrogens with one attached hydrogen (secondary N) is 1. The quantitative estimate of drug-likeness (QED) is 0.476. The normalized spacial score (nSPS) is 10.4. The minimum Gasteiger partial charge on any atom is -0.450 e. The first-order valence-electron chi connectivity index (χ1n) is 8.15. The minimum absolute atomic E-state index is 0.317. The fraction of sp³-hybridized carbons (Fsp3) is 0.938. The van der Waals surface area contributed by atoms with Crippen LogP contribution in [0.4, 0.5) is 4.79 Å². The molecule has 0 saturated heterocycles. The molecule has 0 aromatic heterocycles. The predicted molar refractivity (Wildman–Crippen MR) is 81.5 cm³/mol. The number of unbranched alkanes of at least 4 members (excludes halogenated alkanes) is 11. The molecule has 0 aliphatic carbocycles. The second-order valence-corrected chi connectivity index (χ2v) is 5.28. The van der Waals surface area contributed by atoms with Gasteiger partial charge in [-0.05, 0) is 6.42 Å². The summed E-state index contributed by atoms with van der Waals surface area (Å²) in [7, 11) is 1.59. The number of carbonyl (C=O) groups is 1. The van der Waals surface area contributed by atoms with Crippen molar-refractivity contribution in [2.45, 2.75) is 84.0 Å². The Kier molecular flexibility index (Phi) is 14.7. The molecule has 1 N–H and O–H groups in total. The van der Waals surface area contributed by atoms with Gasteiger partial charge in [0.25, 0.3) is 0 Å². The zero-order valence-electron chi connectivity index (χ0n) is 13.0. The lowest BCUT2D eigenvalue weighted by molar-refractivity contribution is 0.146. The van der Waals surface area contributed by atoms with Gasteiger partial charge in [0.1, 0.15) is 0 Å². The van der Waals surface area contributed by atoms with E-state index in [9.17, 15) is 4.79 Å².